The lowest BCUT2D eigenvalue weighted by Crippen LogP contribution is -2.27. The molecule has 1 aliphatic heterocycles. The summed E-state index contributed by atoms with van der Waals surface area (Å²) in [5.41, 5.74) is -3.36. The number of benzene rings is 1. The largest absolute Gasteiger partial charge is 0.486 e. The van der Waals surface area contributed by atoms with E-state index in [1.165, 1.54) is 16.8 Å². The highest BCUT2D eigenvalue weighted by Crippen LogP contribution is 2.32. The standard InChI is InChI=1S/C25H23F4N7O3/c1-13(33-18-11-32-35-23(37)20(18)25(27,28)29)3-2-6-36-7-4-14-9-16(17(26)10-15(14)24(36)38)21-31-12-19-22(34-21)30-5-8-39-19/h4,7,9-13H,2-3,5-6,8H2,1H3,(H,30,31,34)(H2,33,35,37)/t13-/m0/s1. The summed E-state index contributed by atoms with van der Waals surface area (Å²) in [6.45, 7) is 2.96. The SMILES string of the molecule is C[C@@H](CCCn1ccc2cc(-c3ncc4c(n3)NCCO4)c(F)cc2c1=O)Nc1cn[nH]c(=O)c1C(F)(F)F. The van der Waals surface area contributed by atoms with Crippen LogP contribution in [-0.2, 0) is 12.7 Å². The van der Waals surface area contributed by atoms with Crippen molar-refractivity contribution in [2.75, 3.05) is 23.8 Å². The number of ether oxygens (including phenoxy) is 1. The normalized spacial score (nSPS) is 13.9. The summed E-state index contributed by atoms with van der Waals surface area (Å²) < 4.78 is 61.7. The summed E-state index contributed by atoms with van der Waals surface area (Å²) in [5.74, 6) is 0.447. The molecular weight excluding hydrogens is 522 g/mol. The van der Waals surface area contributed by atoms with Crippen molar-refractivity contribution in [1.29, 1.82) is 0 Å². The number of H-pyrrole nitrogens is 1. The smallest absolute Gasteiger partial charge is 0.423 e. The number of nitrogens with zero attached hydrogens (tertiary/aromatic N) is 4. The number of hydrogen-bond acceptors (Lipinski definition) is 8. The van der Waals surface area contributed by atoms with Gasteiger partial charge in [-0.2, -0.15) is 18.3 Å². The first-order valence-corrected chi connectivity index (χ1v) is 12.1. The zero-order valence-corrected chi connectivity index (χ0v) is 20.6. The lowest BCUT2D eigenvalue weighted by Gasteiger charge is -2.18. The number of aromatic amines is 1. The fourth-order valence-electron chi connectivity index (χ4n) is 4.41. The van der Waals surface area contributed by atoms with Gasteiger partial charge in [0.25, 0.3) is 11.1 Å². The Morgan fingerprint density at radius 2 is 2.05 bits per heavy atom. The van der Waals surface area contributed by atoms with E-state index < -0.39 is 40.4 Å². The molecule has 0 radical (unpaired) electrons. The molecule has 3 aromatic heterocycles. The van der Waals surface area contributed by atoms with Gasteiger partial charge in [-0.3, -0.25) is 9.59 Å². The number of hydrogen-bond donors (Lipinski definition) is 3. The molecule has 0 saturated carbocycles. The summed E-state index contributed by atoms with van der Waals surface area (Å²) in [6, 6.07) is 3.89. The van der Waals surface area contributed by atoms with Crippen LogP contribution in [0.1, 0.15) is 25.3 Å². The Bertz CT molecular complexity index is 1650. The van der Waals surface area contributed by atoms with Crippen molar-refractivity contribution in [3.63, 3.8) is 0 Å². The highest BCUT2D eigenvalue weighted by molar-refractivity contribution is 5.86. The summed E-state index contributed by atoms with van der Waals surface area (Å²) in [7, 11) is 0. The van der Waals surface area contributed by atoms with Crippen molar-refractivity contribution in [3.05, 3.63) is 68.9 Å². The Kier molecular flexibility index (Phi) is 6.93. The van der Waals surface area contributed by atoms with E-state index in [0.717, 1.165) is 12.3 Å². The minimum Gasteiger partial charge on any atom is -0.486 e. The number of aromatic nitrogens is 5. The first-order chi connectivity index (χ1) is 18.6. The van der Waals surface area contributed by atoms with Crippen LogP contribution in [-0.4, -0.2) is 43.9 Å². The van der Waals surface area contributed by atoms with Gasteiger partial charge in [-0.1, -0.05) is 0 Å². The van der Waals surface area contributed by atoms with Gasteiger partial charge in [0.05, 0.1) is 35.6 Å². The van der Waals surface area contributed by atoms with Gasteiger partial charge in [0.15, 0.2) is 17.4 Å². The molecule has 204 valence electrons. The van der Waals surface area contributed by atoms with E-state index in [-0.39, 0.29) is 23.3 Å². The maximum absolute atomic E-state index is 15.1. The zero-order valence-electron chi connectivity index (χ0n) is 20.6. The predicted molar refractivity (Wildman–Crippen MR) is 135 cm³/mol. The first kappa shape index (κ1) is 26.1. The maximum Gasteiger partial charge on any atom is 0.423 e. The van der Waals surface area contributed by atoms with E-state index in [9.17, 15) is 22.8 Å². The van der Waals surface area contributed by atoms with E-state index in [1.54, 1.807) is 24.3 Å². The van der Waals surface area contributed by atoms with Gasteiger partial charge in [-0.25, -0.2) is 19.5 Å². The van der Waals surface area contributed by atoms with Crippen molar-refractivity contribution >= 4 is 22.3 Å². The van der Waals surface area contributed by atoms with Crippen LogP contribution in [0.2, 0.25) is 0 Å². The molecule has 1 aliphatic rings. The molecule has 39 heavy (non-hydrogen) atoms. The molecule has 1 atom stereocenters. The summed E-state index contributed by atoms with van der Waals surface area (Å²) in [4.78, 5) is 33.2. The molecule has 0 fully saturated rings. The first-order valence-electron chi connectivity index (χ1n) is 12.1. The summed E-state index contributed by atoms with van der Waals surface area (Å²) >= 11 is 0. The molecule has 10 nitrogen and oxygen atoms in total. The van der Waals surface area contributed by atoms with Gasteiger partial charge in [0.1, 0.15) is 18.0 Å². The number of halogens is 4. The number of fused-ring (bicyclic) bond motifs is 2. The highest BCUT2D eigenvalue weighted by Gasteiger charge is 2.37. The molecular formula is C25H23F4N7O3. The summed E-state index contributed by atoms with van der Waals surface area (Å²) in [6.07, 6.45) is -0.0701. The van der Waals surface area contributed by atoms with Crippen LogP contribution in [0.5, 0.6) is 5.75 Å². The highest BCUT2D eigenvalue weighted by atomic mass is 19.4. The van der Waals surface area contributed by atoms with E-state index in [2.05, 4.69) is 25.7 Å². The third-order valence-electron chi connectivity index (χ3n) is 6.29. The molecule has 0 spiro atoms. The monoisotopic (exact) mass is 545 g/mol. The van der Waals surface area contributed by atoms with Gasteiger partial charge in [0, 0.05) is 18.8 Å². The molecule has 14 heteroatoms. The molecule has 0 unspecified atom stereocenters. The fourth-order valence-corrected chi connectivity index (χ4v) is 4.41. The third-order valence-corrected chi connectivity index (χ3v) is 6.29. The number of rotatable bonds is 7. The topological polar surface area (TPSA) is 127 Å². The molecule has 4 aromatic rings. The van der Waals surface area contributed by atoms with Crippen molar-refractivity contribution in [2.24, 2.45) is 0 Å². The van der Waals surface area contributed by atoms with Crippen LogP contribution in [0.4, 0.5) is 29.1 Å². The number of pyridine rings is 1. The van der Waals surface area contributed by atoms with E-state index in [4.69, 9.17) is 4.74 Å². The van der Waals surface area contributed by atoms with Crippen molar-refractivity contribution in [1.82, 2.24) is 24.7 Å². The fraction of sp³-hybridized carbons (Fsp3) is 0.320. The minimum absolute atomic E-state index is 0.141. The Morgan fingerprint density at radius 3 is 2.85 bits per heavy atom. The van der Waals surface area contributed by atoms with E-state index in [1.807, 2.05) is 0 Å². The average molecular weight is 545 g/mol. The lowest BCUT2D eigenvalue weighted by atomic mass is 10.1. The number of anilines is 2. The Labute approximate surface area is 218 Å². The number of alkyl halides is 3. The molecule has 0 aliphatic carbocycles. The number of nitrogens with one attached hydrogen (secondary N) is 3. The van der Waals surface area contributed by atoms with Gasteiger partial charge >= 0.3 is 6.18 Å². The molecule has 3 N–H and O–H groups in total. The van der Waals surface area contributed by atoms with Gasteiger partial charge in [0.2, 0.25) is 0 Å². The second-order valence-corrected chi connectivity index (χ2v) is 9.09. The van der Waals surface area contributed by atoms with Crippen LogP contribution in [0, 0.1) is 5.82 Å². The quantitative estimate of drug-likeness (QED) is 0.300. The molecule has 1 aromatic carbocycles. The predicted octanol–water partition coefficient (Wildman–Crippen LogP) is 3.78. The van der Waals surface area contributed by atoms with E-state index >= 15 is 4.39 Å². The van der Waals surface area contributed by atoms with Crippen LogP contribution >= 0.6 is 0 Å². The van der Waals surface area contributed by atoms with Gasteiger partial charge < -0.3 is 19.9 Å². The van der Waals surface area contributed by atoms with Crippen molar-refractivity contribution < 1.29 is 22.3 Å². The van der Waals surface area contributed by atoms with Crippen LogP contribution in [0.25, 0.3) is 22.2 Å². The Balaban J connectivity index is 1.30. The Morgan fingerprint density at radius 1 is 1.23 bits per heavy atom. The zero-order chi connectivity index (χ0) is 27.7. The van der Waals surface area contributed by atoms with Crippen LogP contribution < -0.4 is 26.5 Å². The molecule has 0 bridgehead atoms. The molecule has 0 amide bonds. The molecule has 0 saturated heterocycles. The Hall–Kier alpha value is -4.49. The third kappa shape index (κ3) is 5.40. The number of aryl methyl sites for hydroxylation is 1. The molecule has 5 rings (SSSR count). The summed E-state index contributed by atoms with van der Waals surface area (Å²) in [5, 5.41) is 11.7. The second kappa shape index (κ2) is 10.3. The van der Waals surface area contributed by atoms with Gasteiger partial charge in [-0.15, -0.1) is 0 Å². The average Bonchev–Trinajstić information content (AvgIpc) is 2.89. The molecule has 4 heterocycles. The van der Waals surface area contributed by atoms with Crippen LogP contribution in [0.15, 0.2) is 46.4 Å². The van der Waals surface area contributed by atoms with Gasteiger partial charge in [-0.05, 0) is 43.4 Å². The lowest BCUT2D eigenvalue weighted by molar-refractivity contribution is -0.138. The van der Waals surface area contributed by atoms with Crippen molar-refractivity contribution in [3.8, 4) is 17.1 Å². The van der Waals surface area contributed by atoms with Crippen molar-refractivity contribution in [2.45, 2.75) is 38.5 Å². The second-order valence-electron chi connectivity index (χ2n) is 9.09. The van der Waals surface area contributed by atoms with E-state index in [0.29, 0.717) is 42.9 Å². The van der Waals surface area contributed by atoms with Crippen LogP contribution in [0.3, 0.4) is 0 Å². The minimum atomic E-state index is -4.84. The maximum atomic E-state index is 15.1.